The molecule has 0 unspecified atom stereocenters. The van der Waals surface area contributed by atoms with Crippen LogP contribution in [0.5, 0.6) is 0 Å². The number of halogens is 1. The van der Waals surface area contributed by atoms with Gasteiger partial charge in [-0.05, 0) is 18.2 Å². The van der Waals surface area contributed by atoms with Crippen LogP contribution in [-0.2, 0) is 6.54 Å². The molecule has 4 nitrogen and oxygen atoms in total. The first kappa shape index (κ1) is 13.3. The molecule has 0 spiro atoms. The molecule has 106 valence electrons. The first-order valence-corrected chi connectivity index (χ1v) is 6.61. The molecule has 0 saturated carbocycles. The Labute approximate surface area is 121 Å². The zero-order valence-corrected chi connectivity index (χ0v) is 11.5. The molecule has 1 N–H and O–H groups in total. The largest absolute Gasteiger partial charge is 0.421 e. The first-order chi connectivity index (χ1) is 10.2. The molecule has 0 radical (unpaired) electrons. The molecular weight excluding hydrogens is 269 g/mol. The maximum absolute atomic E-state index is 13.6. The summed E-state index contributed by atoms with van der Waals surface area (Å²) < 4.78 is 19.1. The number of anilines is 1. The van der Waals surface area contributed by atoms with E-state index in [1.54, 1.807) is 19.1 Å². The number of benzene rings is 2. The predicted octanol–water partition coefficient (Wildman–Crippen LogP) is 3.80. The van der Waals surface area contributed by atoms with Crippen molar-refractivity contribution < 1.29 is 8.81 Å². The Balaban J connectivity index is 1.85. The summed E-state index contributed by atoms with van der Waals surface area (Å²) in [5, 5.41) is 11.1. The van der Waals surface area contributed by atoms with Gasteiger partial charge >= 0.3 is 0 Å². The summed E-state index contributed by atoms with van der Waals surface area (Å²) in [6.45, 7) is 2.13. The molecule has 2 aromatic carbocycles. The van der Waals surface area contributed by atoms with E-state index >= 15 is 0 Å². The number of hydrogen-bond donors (Lipinski definition) is 1. The highest BCUT2D eigenvalue weighted by atomic mass is 19.1. The highest BCUT2D eigenvalue weighted by Gasteiger charge is 2.11. The van der Waals surface area contributed by atoms with Crippen molar-refractivity contribution in [3.63, 3.8) is 0 Å². The van der Waals surface area contributed by atoms with Gasteiger partial charge in [0.05, 0.1) is 5.56 Å². The van der Waals surface area contributed by atoms with Gasteiger partial charge in [-0.1, -0.05) is 30.3 Å². The fraction of sp³-hybridized carbons (Fsp3) is 0.125. The van der Waals surface area contributed by atoms with Crippen molar-refractivity contribution in [2.45, 2.75) is 13.5 Å². The van der Waals surface area contributed by atoms with Crippen molar-refractivity contribution in [3.8, 4) is 11.5 Å². The van der Waals surface area contributed by atoms with E-state index in [1.807, 2.05) is 30.3 Å². The van der Waals surface area contributed by atoms with E-state index in [9.17, 15) is 4.39 Å². The summed E-state index contributed by atoms with van der Waals surface area (Å²) in [6.07, 6.45) is 0. The molecule has 21 heavy (non-hydrogen) atoms. The fourth-order valence-electron chi connectivity index (χ4n) is 2.06. The van der Waals surface area contributed by atoms with Gasteiger partial charge in [0.1, 0.15) is 5.82 Å². The standard InChI is InChI=1S/C16H14FN3O/c1-11-19-20-16(21-11)13-7-3-5-9-15(13)18-10-12-6-2-4-8-14(12)17/h2-9,18H,10H2,1H3. The molecule has 3 rings (SSSR count). The third-order valence-electron chi connectivity index (χ3n) is 3.11. The Bertz CT molecular complexity index is 755. The summed E-state index contributed by atoms with van der Waals surface area (Å²) in [6, 6.07) is 14.3. The summed E-state index contributed by atoms with van der Waals surface area (Å²) in [4.78, 5) is 0. The number of para-hydroxylation sites is 1. The number of hydrogen-bond acceptors (Lipinski definition) is 4. The van der Waals surface area contributed by atoms with Crippen LogP contribution in [0.25, 0.3) is 11.5 Å². The minimum atomic E-state index is -0.226. The van der Waals surface area contributed by atoms with Crippen molar-refractivity contribution in [2.24, 2.45) is 0 Å². The summed E-state index contributed by atoms with van der Waals surface area (Å²) in [7, 11) is 0. The third kappa shape index (κ3) is 2.91. The molecule has 1 heterocycles. The second kappa shape index (κ2) is 5.75. The van der Waals surface area contributed by atoms with Crippen molar-refractivity contribution in [1.82, 2.24) is 10.2 Å². The van der Waals surface area contributed by atoms with Gasteiger partial charge in [0.25, 0.3) is 0 Å². The molecule has 5 heteroatoms. The normalized spacial score (nSPS) is 10.6. The van der Waals surface area contributed by atoms with Crippen LogP contribution in [0.2, 0.25) is 0 Å². The topological polar surface area (TPSA) is 51.0 Å². The van der Waals surface area contributed by atoms with E-state index in [2.05, 4.69) is 15.5 Å². The monoisotopic (exact) mass is 283 g/mol. The average Bonchev–Trinajstić information content (AvgIpc) is 2.93. The molecule has 3 aromatic rings. The molecular formula is C16H14FN3O. The predicted molar refractivity (Wildman–Crippen MR) is 78.2 cm³/mol. The molecule has 0 bridgehead atoms. The summed E-state index contributed by atoms with van der Waals surface area (Å²) in [5.41, 5.74) is 2.23. The van der Waals surface area contributed by atoms with Gasteiger partial charge in [0.2, 0.25) is 11.8 Å². The molecule has 0 amide bonds. The second-order valence-electron chi connectivity index (χ2n) is 4.62. The molecule has 0 aliphatic heterocycles. The Hall–Kier alpha value is -2.69. The van der Waals surface area contributed by atoms with E-state index in [0.29, 0.717) is 23.9 Å². The van der Waals surface area contributed by atoms with Crippen LogP contribution in [0.3, 0.4) is 0 Å². The van der Waals surface area contributed by atoms with E-state index in [4.69, 9.17) is 4.42 Å². The number of aryl methyl sites for hydroxylation is 1. The fourth-order valence-corrected chi connectivity index (χ4v) is 2.06. The molecule has 0 atom stereocenters. The van der Waals surface area contributed by atoms with Gasteiger partial charge in [-0.2, -0.15) is 0 Å². The summed E-state index contributed by atoms with van der Waals surface area (Å²) in [5.74, 6) is 0.731. The lowest BCUT2D eigenvalue weighted by Gasteiger charge is -2.10. The number of rotatable bonds is 4. The molecule has 0 saturated heterocycles. The van der Waals surface area contributed by atoms with E-state index in [1.165, 1.54) is 6.07 Å². The molecule has 0 fully saturated rings. The Morgan fingerprint density at radius 2 is 1.81 bits per heavy atom. The molecule has 0 aliphatic rings. The van der Waals surface area contributed by atoms with E-state index in [0.717, 1.165) is 11.3 Å². The van der Waals surface area contributed by atoms with Crippen molar-refractivity contribution >= 4 is 5.69 Å². The van der Waals surface area contributed by atoms with Crippen LogP contribution < -0.4 is 5.32 Å². The van der Waals surface area contributed by atoms with Crippen molar-refractivity contribution in [2.75, 3.05) is 5.32 Å². The van der Waals surface area contributed by atoms with Gasteiger partial charge in [0.15, 0.2) is 0 Å². The maximum Gasteiger partial charge on any atom is 0.249 e. The van der Waals surface area contributed by atoms with Crippen LogP contribution in [0.1, 0.15) is 11.5 Å². The smallest absolute Gasteiger partial charge is 0.249 e. The maximum atomic E-state index is 13.6. The number of nitrogens with zero attached hydrogens (tertiary/aromatic N) is 2. The van der Waals surface area contributed by atoms with Crippen LogP contribution in [0.4, 0.5) is 10.1 Å². The van der Waals surface area contributed by atoms with Crippen LogP contribution >= 0.6 is 0 Å². The van der Waals surface area contributed by atoms with Crippen LogP contribution in [0, 0.1) is 12.7 Å². The Morgan fingerprint density at radius 1 is 1.05 bits per heavy atom. The number of aromatic nitrogens is 2. The SMILES string of the molecule is Cc1nnc(-c2ccccc2NCc2ccccc2F)o1. The minimum absolute atomic E-state index is 0.226. The first-order valence-electron chi connectivity index (χ1n) is 6.61. The van der Waals surface area contributed by atoms with Gasteiger partial charge < -0.3 is 9.73 Å². The van der Waals surface area contributed by atoms with Gasteiger partial charge in [0, 0.05) is 24.7 Å². The van der Waals surface area contributed by atoms with Gasteiger partial charge in [-0.15, -0.1) is 10.2 Å². The van der Waals surface area contributed by atoms with Gasteiger partial charge in [-0.25, -0.2) is 4.39 Å². The third-order valence-corrected chi connectivity index (χ3v) is 3.11. The Morgan fingerprint density at radius 3 is 2.57 bits per heavy atom. The zero-order chi connectivity index (χ0) is 14.7. The van der Waals surface area contributed by atoms with Crippen LogP contribution in [-0.4, -0.2) is 10.2 Å². The summed E-state index contributed by atoms with van der Waals surface area (Å²) >= 11 is 0. The Kier molecular flexibility index (Phi) is 3.64. The van der Waals surface area contributed by atoms with E-state index < -0.39 is 0 Å². The minimum Gasteiger partial charge on any atom is -0.421 e. The average molecular weight is 283 g/mol. The quantitative estimate of drug-likeness (QED) is 0.791. The van der Waals surface area contributed by atoms with Crippen LogP contribution in [0.15, 0.2) is 52.9 Å². The highest BCUT2D eigenvalue weighted by molar-refractivity contribution is 5.72. The lowest BCUT2D eigenvalue weighted by atomic mass is 10.1. The molecule has 1 aromatic heterocycles. The van der Waals surface area contributed by atoms with Crippen molar-refractivity contribution in [3.05, 3.63) is 65.8 Å². The zero-order valence-electron chi connectivity index (χ0n) is 11.5. The lowest BCUT2D eigenvalue weighted by Crippen LogP contribution is -2.02. The van der Waals surface area contributed by atoms with Gasteiger partial charge in [-0.3, -0.25) is 0 Å². The lowest BCUT2D eigenvalue weighted by molar-refractivity contribution is 0.533. The van der Waals surface area contributed by atoms with E-state index in [-0.39, 0.29) is 5.82 Å². The molecule has 0 aliphatic carbocycles. The van der Waals surface area contributed by atoms with Crippen molar-refractivity contribution in [1.29, 1.82) is 0 Å². The highest BCUT2D eigenvalue weighted by Crippen LogP contribution is 2.27. The number of nitrogens with one attached hydrogen (secondary N) is 1. The second-order valence-corrected chi connectivity index (χ2v) is 4.62.